The van der Waals surface area contributed by atoms with Gasteiger partial charge in [0.1, 0.15) is 5.84 Å². The molecule has 156 valence electrons. The monoisotopic (exact) mass is 404 g/mol. The normalized spacial score (nSPS) is 21.5. The van der Waals surface area contributed by atoms with Crippen molar-refractivity contribution in [3.05, 3.63) is 84.7 Å². The van der Waals surface area contributed by atoms with E-state index in [1.165, 1.54) is 12.4 Å². The number of ether oxygens (including phenoxy) is 1. The van der Waals surface area contributed by atoms with E-state index < -0.39 is 5.72 Å². The Kier molecular flexibility index (Phi) is 6.69. The zero-order valence-corrected chi connectivity index (χ0v) is 17.4. The lowest BCUT2D eigenvalue weighted by atomic mass is 10.0. The van der Waals surface area contributed by atoms with Crippen molar-refractivity contribution >= 4 is 11.7 Å². The molecule has 2 atom stereocenters. The zero-order valence-electron chi connectivity index (χ0n) is 17.4. The van der Waals surface area contributed by atoms with Crippen molar-refractivity contribution < 1.29 is 9.53 Å². The number of amidine groups is 1. The summed E-state index contributed by atoms with van der Waals surface area (Å²) in [6, 6.07) is 18.2. The molecule has 0 spiro atoms. The van der Waals surface area contributed by atoms with Crippen LogP contribution in [0.15, 0.2) is 84.1 Å². The molecule has 1 saturated heterocycles. The van der Waals surface area contributed by atoms with Crippen LogP contribution in [0, 0.1) is 0 Å². The van der Waals surface area contributed by atoms with E-state index in [1.54, 1.807) is 0 Å². The molecule has 0 saturated carbocycles. The van der Waals surface area contributed by atoms with Crippen LogP contribution in [0.2, 0.25) is 0 Å². The second-order valence-corrected chi connectivity index (χ2v) is 7.48. The fourth-order valence-corrected chi connectivity index (χ4v) is 3.47. The summed E-state index contributed by atoms with van der Waals surface area (Å²) in [5.74, 6) is -0.204. The molecule has 6 nitrogen and oxygen atoms in total. The maximum atomic E-state index is 12.8. The minimum absolute atomic E-state index is 0.121. The first kappa shape index (κ1) is 21.3. The molecule has 0 bridgehead atoms. The van der Waals surface area contributed by atoms with Crippen molar-refractivity contribution in [3.8, 4) is 11.1 Å². The van der Waals surface area contributed by atoms with Crippen LogP contribution in [0.25, 0.3) is 11.1 Å². The third-order valence-corrected chi connectivity index (χ3v) is 4.86. The molecule has 4 N–H and O–H groups in total. The van der Waals surface area contributed by atoms with E-state index >= 15 is 0 Å². The molecule has 0 radical (unpaired) electrons. The van der Waals surface area contributed by atoms with Gasteiger partial charge < -0.3 is 21.1 Å². The average molecular weight is 405 g/mol. The Morgan fingerprint density at radius 3 is 2.47 bits per heavy atom. The Balaban J connectivity index is 1.66. The molecule has 6 heteroatoms. The van der Waals surface area contributed by atoms with Crippen LogP contribution in [0.5, 0.6) is 0 Å². The average Bonchev–Trinajstić information content (AvgIpc) is 2.72. The fraction of sp³-hybridized carbons (Fsp3) is 0.250. The molecule has 1 aliphatic heterocycles. The number of nitrogens with zero attached hydrogens (tertiary/aromatic N) is 1. The van der Waals surface area contributed by atoms with Crippen LogP contribution in [-0.4, -0.2) is 23.6 Å². The maximum Gasteiger partial charge on any atom is 0.256 e. The van der Waals surface area contributed by atoms with Crippen LogP contribution < -0.4 is 16.4 Å². The molecule has 2 unspecified atom stereocenters. The molecule has 30 heavy (non-hydrogen) atoms. The highest BCUT2D eigenvalue weighted by atomic mass is 16.5. The number of benzene rings is 2. The van der Waals surface area contributed by atoms with Gasteiger partial charge in [0.2, 0.25) is 0 Å². The van der Waals surface area contributed by atoms with Gasteiger partial charge in [-0.15, -0.1) is 0 Å². The van der Waals surface area contributed by atoms with Gasteiger partial charge >= 0.3 is 0 Å². The lowest BCUT2D eigenvalue weighted by molar-refractivity contribution is -0.181. The SMILES string of the molecule is C=CN/C=C(C(=O)NCc1ccc(-c2ccccc2)cc1)\C(N)=N/C1(C)CC(C)O1. The van der Waals surface area contributed by atoms with Crippen molar-refractivity contribution in [1.82, 2.24) is 10.6 Å². The summed E-state index contributed by atoms with van der Waals surface area (Å²) in [7, 11) is 0. The number of nitrogens with two attached hydrogens (primary N) is 1. The fourth-order valence-electron chi connectivity index (χ4n) is 3.47. The molecular formula is C24H28N4O2. The van der Waals surface area contributed by atoms with Crippen LogP contribution in [0.1, 0.15) is 25.8 Å². The van der Waals surface area contributed by atoms with E-state index in [2.05, 4.69) is 34.3 Å². The Morgan fingerprint density at radius 2 is 1.87 bits per heavy atom. The van der Waals surface area contributed by atoms with Gasteiger partial charge in [0.05, 0.1) is 11.7 Å². The lowest BCUT2D eigenvalue weighted by Crippen LogP contribution is -2.47. The predicted molar refractivity (Wildman–Crippen MR) is 120 cm³/mol. The molecular weight excluding hydrogens is 376 g/mol. The summed E-state index contributed by atoms with van der Waals surface area (Å²) < 4.78 is 5.64. The van der Waals surface area contributed by atoms with Crippen LogP contribution in [0.3, 0.4) is 0 Å². The third-order valence-electron chi connectivity index (χ3n) is 4.86. The molecule has 3 rings (SSSR count). The van der Waals surface area contributed by atoms with Gasteiger partial charge in [-0.25, -0.2) is 4.99 Å². The van der Waals surface area contributed by atoms with Gasteiger partial charge in [0.15, 0.2) is 5.72 Å². The van der Waals surface area contributed by atoms with Crippen molar-refractivity contribution in [2.45, 2.75) is 38.6 Å². The Hall–Kier alpha value is -3.38. The topological polar surface area (TPSA) is 88.7 Å². The third kappa shape index (κ3) is 5.36. The van der Waals surface area contributed by atoms with E-state index in [1.807, 2.05) is 56.3 Å². The number of amides is 1. The second kappa shape index (κ2) is 9.41. The van der Waals surface area contributed by atoms with E-state index in [0.717, 1.165) is 23.1 Å². The first-order valence-corrected chi connectivity index (χ1v) is 9.93. The van der Waals surface area contributed by atoms with Gasteiger partial charge in [-0.3, -0.25) is 4.79 Å². The number of carbonyl (C=O) groups is 1. The zero-order chi connectivity index (χ0) is 21.6. The number of nitrogens with one attached hydrogen (secondary N) is 2. The molecule has 1 heterocycles. The van der Waals surface area contributed by atoms with Crippen molar-refractivity contribution in [2.75, 3.05) is 0 Å². The van der Waals surface area contributed by atoms with Crippen molar-refractivity contribution in [2.24, 2.45) is 10.7 Å². The molecule has 2 aromatic rings. The highest BCUT2D eigenvalue weighted by Gasteiger charge is 2.39. The van der Waals surface area contributed by atoms with E-state index in [9.17, 15) is 4.79 Å². The number of carbonyl (C=O) groups excluding carboxylic acids is 1. The van der Waals surface area contributed by atoms with Crippen LogP contribution in [-0.2, 0) is 16.1 Å². The minimum atomic E-state index is -0.690. The standard InChI is InChI=1S/C24H28N4O2/c1-4-26-16-21(22(25)28-24(3)14-17(2)30-24)23(29)27-15-18-10-12-20(13-11-18)19-8-6-5-7-9-19/h4-13,16-17,26H,1,14-15H2,2-3H3,(H2,25,28)(H,27,29)/b21-16+. The molecule has 1 aliphatic rings. The summed E-state index contributed by atoms with van der Waals surface area (Å²) in [5.41, 5.74) is 8.93. The van der Waals surface area contributed by atoms with Crippen molar-refractivity contribution in [1.29, 1.82) is 0 Å². The Labute approximate surface area is 177 Å². The first-order valence-electron chi connectivity index (χ1n) is 9.93. The highest BCUT2D eigenvalue weighted by molar-refractivity contribution is 6.20. The smallest absolute Gasteiger partial charge is 0.256 e. The van der Waals surface area contributed by atoms with Crippen LogP contribution >= 0.6 is 0 Å². The first-order chi connectivity index (χ1) is 14.4. The largest absolute Gasteiger partial charge is 0.383 e. The number of hydrogen-bond donors (Lipinski definition) is 3. The minimum Gasteiger partial charge on any atom is -0.383 e. The van der Waals surface area contributed by atoms with Gasteiger partial charge in [-0.2, -0.15) is 0 Å². The Morgan fingerprint density at radius 1 is 1.23 bits per heavy atom. The quantitative estimate of drug-likeness (QED) is 0.357. The van der Waals surface area contributed by atoms with Gasteiger partial charge in [-0.05, 0) is 36.7 Å². The molecule has 1 fully saturated rings. The molecule has 0 aromatic heterocycles. The number of aliphatic imine (C=N–C) groups is 1. The number of hydrogen-bond acceptors (Lipinski definition) is 4. The summed E-state index contributed by atoms with van der Waals surface area (Å²) in [4.78, 5) is 17.2. The summed E-state index contributed by atoms with van der Waals surface area (Å²) >= 11 is 0. The summed E-state index contributed by atoms with van der Waals surface area (Å²) in [5, 5.41) is 5.70. The second-order valence-electron chi connectivity index (χ2n) is 7.48. The molecule has 1 amide bonds. The van der Waals surface area contributed by atoms with Gasteiger partial charge in [-0.1, -0.05) is 61.2 Å². The van der Waals surface area contributed by atoms with Gasteiger partial charge in [0.25, 0.3) is 5.91 Å². The Bertz CT molecular complexity index is 943. The highest BCUT2D eigenvalue weighted by Crippen LogP contribution is 2.33. The van der Waals surface area contributed by atoms with E-state index in [4.69, 9.17) is 10.5 Å². The maximum absolute atomic E-state index is 12.8. The van der Waals surface area contributed by atoms with Crippen LogP contribution in [0.4, 0.5) is 0 Å². The van der Waals surface area contributed by atoms with Crippen molar-refractivity contribution in [3.63, 3.8) is 0 Å². The summed E-state index contributed by atoms with van der Waals surface area (Å²) in [6.45, 7) is 7.79. The van der Waals surface area contributed by atoms with E-state index in [0.29, 0.717) is 6.54 Å². The van der Waals surface area contributed by atoms with Gasteiger partial charge in [0, 0.05) is 19.2 Å². The number of rotatable bonds is 8. The predicted octanol–water partition coefficient (Wildman–Crippen LogP) is 3.47. The molecule has 2 aromatic carbocycles. The molecule has 0 aliphatic carbocycles. The lowest BCUT2D eigenvalue weighted by Gasteiger charge is -2.40. The summed E-state index contributed by atoms with van der Waals surface area (Å²) in [6.07, 6.45) is 3.85. The van der Waals surface area contributed by atoms with E-state index in [-0.39, 0.29) is 23.4 Å².